The molecule has 1 amide bonds. The van der Waals surface area contributed by atoms with Gasteiger partial charge in [-0.3, -0.25) is 4.79 Å². The quantitative estimate of drug-likeness (QED) is 0.786. The highest BCUT2D eigenvalue weighted by Gasteiger charge is 2.20. The molecule has 5 nitrogen and oxygen atoms in total. The van der Waals surface area contributed by atoms with E-state index in [0.717, 1.165) is 17.7 Å². The molecule has 1 aliphatic rings. The van der Waals surface area contributed by atoms with Gasteiger partial charge in [-0.05, 0) is 42.3 Å². The summed E-state index contributed by atoms with van der Waals surface area (Å²) in [5.41, 5.74) is 2.03. The van der Waals surface area contributed by atoms with Crippen LogP contribution in [0.4, 0.5) is 4.39 Å². The standard InChI is InChI=1S/C20H18FN3O2/c21-16-5-3-6-17(11-16)24-9-8-18(23-24)20(25)22-12-14-10-15-4-1-2-7-19(15)26-13-14/h1-9,11,14H,10,12-13H2,(H,22,25)/t14-/m0/s1. The van der Waals surface area contributed by atoms with Crippen molar-refractivity contribution in [3.63, 3.8) is 0 Å². The van der Waals surface area contributed by atoms with E-state index in [1.165, 1.54) is 16.8 Å². The molecular formula is C20H18FN3O2. The van der Waals surface area contributed by atoms with Gasteiger partial charge in [-0.15, -0.1) is 0 Å². The molecule has 1 aliphatic heterocycles. The third-order valence-corrected chi connectivity index (χ3v) is 4.40. The Morgan fingerprint density at radius 1 is 1.23 bits per heavy atom. The minimum absolute atomic E-state index is 0.221. The number of amides is 1. The third kappa shape index (κ3) is 3.44. The lowest BCUT2D eigenvalue weighted by atomic mass is 9.97. The van der Waals surface area contributed by atoms with Crippen LogP contribution < -0.4 is 10.1 Å². The van der Waals surface area contributed by atoms with Crippen LogP contribution in [0.3, 0.4) is 0 Å². The molecule has 3 aromatic rings. The first kappa shape index (κ1) is 16.3. The third-order valence-electron chi connectivity index (χ3n) is 4.40. The van der Waals surface area contributed by atoms with Gasteiger partial charge in [-0.25, -0.2) is 9.07 Å². The Labute approximate surface area is 150 Å². The van der Waals surface area contributed by atoms with Gasteiger partial charge in [0.05, 0.1) is 12.3 Å². The summed E-state index contributed by atoms with van der Waals surface area (Å²) in [4.78, 5) is 12.3. The molecule has 0 saturated heterocycles. The molecule has 6 heteroatoms. The number of nitrogens with one attached hydrogen (secondary N) is 1. The van der Waals surface area contributed by atoms with E-state index in [1.54, 1.807) is 24.4 Å². The van der Waals surface area contributed by atoms with Crippen molar-refractivity contribution >= 4 is 5.91 Å². The fourth-order valence-electron chi connectivity index (χ4n) is 3.06. The predicted octanol–water partition coefficient (Wildman–Crippen LogP) is 2.99. The van der Waals surface area contributed by atoms with E-state index in [1.807, 2.05) is 24.3 Å². The van der Waals surface area contributed by atoms with Gasteiger partial charge in [0, 0.05) is 18.7 Å². The molecule has 0 bridgehead atoms. The molecule has 0 aliphatic carbocycles. The number of aromatic nitrogens is 2. The maximum atomic E-state index is 13.3. The number of benzene rings is 2. The lowest BCUT2D eigenvalue weighted by molar-refractivity contribution is 0.0933. The Morgan fingerprint density at radius 2 is 2.12 bits per heavy atom. The molecule has 1 aromatic heterocycles. The molecule has 2 aromatic carbocycles. The van der Waals surface area contributed by atoms with Crippen molar-refractivity contribution < 1.29 is 13.9 Å². The first-order chi connectivity index (χ1) is 12.7. The highest BCUT2D eigenvalue weighted by atomic mass is 19.1. The van der Waals surface area contributed by atoms with Crippen LogP contribution in [-0.4, -0.2) is 28.8 Å². The van der Waals surface area contributed by atoms with E-state index in [0.29, 0.717) is 24.5 Å². The Morgan fingerprint density at radius 3 is 3.00 bits per heavy atom. The molecular weight excluding hydrogens is 333 g/mol. The number of nitrogens with zero attached hydrogens (tertiary/aromatic N) is 2. The first-order valence-electron chi connectivity index (χ1n) is 8.49. The molecule has 1 N–H and O–H groups in total. The number of fused-ring (bicyclic) bond motifs is 1. The van der Waals surface area contributed by atoms with Crippen molar-refractivity contribution in [1.82, 2.24) is 15.1 Å². The van der Waals surface area contributed by atoms with Crippen LogP contribution in [0.15, 0.2) is 60.8 Å². The van der Waals surface area contributed by atoms with Crippen LogP contribution in [0.5, 0.6) is 5.75 Å². The Balaban J connectivity index is 1.37. The maximum absolute atomic E-state index is 13.3. The molecule has 1 atom stereocenters. The van der Waals surface area contributed by atoms with Crippen molar-refractivity contribution in [2.24, 2.45) is 5.92 Å². The first-order valence-corrected chi connectivity index (χ1v) is 8.49. The molecule has 4 rings (SSSR count). The highest BCUT2D eigenvalue weighted by Crippen LogP contribution is 2.26. The average Bonchev–Trinajstić information content (AvgIpc) is 3.16. The van der Waals surface area contributed by atoms with Crippen LogP contribution in [0.25, 0.3) is 5.69 Å². The van der Waals surface area contributed by atoms with Gasteiger partial charge in [0.25, 0.3) is 5.91 Å². The number of carbonyl (C=O) groups is 1. The smallest absolute Gasteiger partial charge is 0.271 e. The number of rotatable bonds is 4. The molecule has 0 radical (unpaired) electrons. The molecule has 2 heterocycles. The summed E-state index contributed by atoms with van der Waals surface area (Å²) in [6, 6.07) is 15.6. The molecule has 26 heavy (non-hydrogen) atoms. The summed E-state index contributed by atoms with van der Waals surface area (Å²) in [6.07, 6.45) is 2.51. The second-order valence-corrected chi connectivity index (χ2v) is 6.32. The number of para-hydroxylation sites is 1. The van der Waals surface area contributed by atoms with Gasteiger partial charge in [0.1, 0.15) is 11.6 Å². The van der Waals surface area contributed by atoms with Crippen molar-refractivity contribution in [2.75, 3.05) is 13.2 Å². The monoisotopic (exact) mass is 351 g/mol. The Hall–Kier alpha value is -3.15. The second kappa shape index (κ2) is 7.00. The SMILES string of the molecule is O=C(NC[C@H]1COc2ccccc2C1)c1ccn(-c2cccc(F)c2)n1. The zero-order valence-corrected chi connectivity index (χ0v) is 14.1. The number of hydrogen-bond acceptors (Lipinski definition) is 3. The lowest BCUT2D eigenvalue weighted by Gasteiger charge is -2.25. The Bertz CT molecular complexity index is 938. The fourth-order valence-corrected chi connectivity index (χ4v) is 3.06. The van der Waals surface area contributed by atoms with Gasteiger partial charge in [0.2, 0.25) is 0 Å². The van der Waals surface area contributed by atoms with Crippen LogP contribution in [-0.2, 0) is 6.42 Å². The topological polar surface area (TPSA) is 56.1 Å². The summed E-state index contributed by atoms with van der Waals surface area (Å²) >= 11 is 0. The van der Waals surface area contributed by atoms with E-state index in [2.05, 4.69) is 10.4 Å². The van der Waals surface area contributed by atoms with E-state index in [-0.39, 0.29) is 17.6 Å². The van der Waals surface area contributed by atoms with Crippen LogP contribution in [0.2, 0.25) is 0 Å². The van der Waals surface area contributed by atoms with Gasteiger partial charge in [-0.2, -0.15) is 5.10 Å². The van der Waals surface area contributed by atoms with Gasteiger partial charge in [-0.1, -0.05) is 24.3 Å². The summed E-state index contributed by atoms with van der Waals surface area (Å²) in [7, 11) is 0. The zero-order chi connectivity index (χ0) is 17.9. The molecule has 0 saturated carbocycles. The van der Waals surface area contributed by atoms with Crippen molar-refractivity contribution in [2.45, 2.75) is 6.42 Å². The number of halogens is 1. The predicted molar refractivity (Wildman–Crippen MR) is 95.0 cm³/mol. The zero-order valence-electron chi connectivity index (χ0n) is 14.1. The molecule has 0 fully saturated rings. The summed E-state index contributed by atoms with van der Waals surface area (Å²) < 4.78 is 20.5. The van der Waals surface area contributed by atoms with Crippen molar-refractivity contribution in [3.05, 3.63) is 77.9 Å². The molecule has 0 spiro atoms. The summed E-state index contributed by atoms with van der Waals surface area (Å²) in [5.74, 6) is 0.545. The minimum atomic E-state index is -0.346. The number of ether oxygens (including phenoxy) is 1. The molecule has 132 valence electrons. The van der Waals surface area contributed by atoms with E-state index in [4.69, 9.17) is 4.74 Å². The number of hydrogen-bond donors (Lipinski definition) is 1. The summed E-state index contributed by atoms with van der Waals surface area (Å²) in [5, 5.41) is 7.13. The molecule has 0 unspecified atom stereocenters. The van der Waals surface area contributed by atoms with Crippen LogP contribution >= 0.6 is 0 Å². The van der Waals surface area contributed by atoms with E-state index in [9.17, 15) is 9.18 Å². The maximum Gasteiger partial charge on any atom is 0.271 e. The van der Waals surface area contributed by atoms with Crippen LogP contribution in [0, 0.1) is 11.7 Å². The second-order valence-electron chi connectivity index (χ2n) is 6.32. The number of carbonyl (C=O) groups excluding carboxylic acids is 1. The average molecular weight is 351 g/mol. The lowest BCUT2D eigenvalue weighted by Crippen LogP contribution is -2.35. The van der Waals surface area contributed by atoms with E-state index < -0.39 is 0 Å². The van der Waals surface area contributed by atoms with E-state index >= 15 is 0 Å². The summed E-state index contributed by atoms with van der Waals surface area (Å²) in [6.45, 7) is 1.09. The normalized spacial score (nSPS) is 15.8. The Kier molecular flexibility index (Phi) is 4.39. The minimum Gasteiger partial charge on any atom is -0.493 e. The van der Waals surface area contributed by atoms with Crippen molar-refractivity contribution in [3.8, 4) is 11.4 Å². The van der Waals surface area contributed by atoms with Gasteiger partial charge >= 0.3 is 0 Å². The van der Waals surface area contributed by atoms with Gasteiger partial charge < -0.3 is 10.1 Å². The van der Waals surface area contributed by atoms with Gasteiger partial charge in [0.15, 0.2) is 5.69 Å². The fraction of sp³-hybridized carbons (Fsp3) is 0.200. The largest absolute Gasteiger partial charge is 0.493 e. The highest BCUT2D eigenvalue weighted by molar-refractivity contribution is 5.92. The van der Waals surface area contributed by atoms with Crippen molar-refractivity contribution in [1.29, 1.82) is 0 Å². The van der Waals surface area contributed by atoms with Crippen LogP contribution in [0.1, 0.15) is 16.1 Å².